The predicted octanol–water partition coefficient (Wildman–Crippen LogP) is 0.296. The van der Waals surface area contributed by atoms with Gasteiger partial charge in [-0.25, -0.2) is 0 Å². The van der Waals surface area contributed by atoms with E-state index in [0.717, 1.165) is 13.0 Å². The van der Waals surface area contributed by atoms with E-state index in [0.29, 0.717) is 25.0 Å². The van der Waals surface area contributed by atoms with Crippen LogP contribution >= 0.6 is 24.8 Å². The Labute approximate surface area is 132 Å². The molecular weight excluding hydrogens is 301 g/mol. The Bertz CT molecular complexity index is 333. The van der Waals surface area contributed by atoms with E-state index < -0.39 is 0 Å². The van der Waals surface area contributed by atoms with Crippen molar-refractivity contribution >= 4 is 30.7 Å². The van der Waals surface area contributed by atoms with Crippen LogP contribution in [0.2, 0.25) is 0 Å². The number of carbonyl (C=O) groups is 1. The average Bonchev–Trinajstić information content (AvgIpc) is 2.97. The Balaban J connectivity index is 0.000001000. The largest absolute Gasteiger partial charge is 0.392 e. The molecule has 3 rings (SSSR count). The fourth-order valence-corrected chi connectivity index (χ4v) is 3.62. The molecule has 5 nitrogen and oxygen atoms in total. The minimum Gasteiger partial charge on any atom is -0.392 e. The summed E-state index contributed by atoms with van der Waals surface area (Å²) < 4.78 is 0. The van der Waals surface area contributed by atoms with Crippen molar-refractivity contribution < 1.29 is 9.90 Å². The molecule has 0 radical (unpaired) electrons. The molecule has 3 saturated heterocycles. The highest BCUT2D eigenvalue weighted by Crippen LogP contribution is 2.27. The molecule has 0 spiro atoms. The van der Waals surface area contributed by atoms with Crippen LogP contribution in [-0.4, -0.2) is 59.8 Å². The van der Waals surface area contributed by atoms with Crippen LogP contribution in [0, 0.1) is 0 Å². The smallest absolute Gasteiger partial charge is 0.237 e. The van der Waals surface area contributed by atoms with Gasteiger partial charge in [-0.05, 0) is 32.2 Å². The van der Waals surface area contributed by atoms with Crippen molar-refractivity contribution in [3.63, 3.8) is 0 Å². The van der Waals surface area contributed by atoms with Gasteiger partial charge in [-0.2, -0.15) is 0 Å². The predicted molar refractivity (Wildman–Crippen MR) is 82.7 cm³/mol. The lowest BCUT2D eigenvalue weighted by Crippen LogP contribution is -2.51. The van der Waals surface area contributed by atoms with Crippen molar-refractivity contribution in [2.45, 2.75) is 56.3 Å². The molecule has 7 heteroatoms. The molecule has 3 N–H and O–H groups in total. The van der Waals surface area contributed by atoms with Gasteiger partial charge >= 0.3 is 0 Å². The van der Waals surface area contributed by atoms with Crippen LogP contribution in [0.1, 0.15) is 32.1 Å². The van der Waals surface area contributed by atoms with E-state index >= 15 is 0 Å². The third-order valence-electron chi connectivity index (χ3n) is 4.61. The molecule has 20 heavy (non-hydrogen) atoms. The number of nitrogens with zero attached hydrogens (tertiary/aromatic N) is 1. The number of nitrogens with one attached hydrogen (secondary N) is 2. The normalized spacial score (nSPS) is 36.6. The van der Waals surface area contributed by atoms with Crippen LogP contribution in [0.4, 0.5) is 0 Å². The van der Waals surface area contributed by atoms with Crippen molar-refractivity contribution in [1.82, 2.24) is 15.5 Å². The van der Waals surface area contributed by atoms with Crippen molar-refractivity contribution in [1.29, 1.82) is 0 Å². The number of halogens is 2. The Hall–Kier alpha value is -0.0700. The molecule has 3 aliphatic rings. The monoisotopic (exact) mass is 325 g/mol. The lowest BCUT2D eigenvalue weighted by molar-refractivity contribution is -0.123. The summed E-state index contributed by atoms with van der Waals surface area (Å²) in [4.78, 5) is 14.6. The highest BCUT2D eigenvalue weighted by molar-refractivity contribution is 5.85. The minimum absolute atomic E-state index is 0. The number of rotatable bonds is 2. The first-order chi connectivity index (χ1) is 8.74. The number of hydrogen-bond donors (Lipinski definition) is 3. The maximum atomic E-state index is 12.1. The highest BCUT2D eigenvalue weighted by atomic mass is 35.5. The molecular formula is C13H25Cl2N3O2. The first-order valence-corrected chi connectivity index (χ1v) is 7.20. The third kappa shape index (κ3) is 3.77. The van der Waals surface area contributed by atoms with Gasteiger partial charge in [0.2, 0.25) is 5.91 Å². The molecule has 0 bridgehead atoms. The highest BCUT2D eigenvalue weighted by Gasteiger charge is 2.38. The number of piperidine rings is 1. The molecule has 0 aliphatic carbocycles. The van der Waals surface area contributed by atoms with Gasteiger partial charge in [-0.1, -0.05) is 6.42 Å². The van der Waals surface area contributed by atoms with Crippen LogP contribution in [0.25, 0.3) is 0 Å². The Morgan fingerprint density at radius 1 is 1.20 bits per heavy atom. The number of aliphatic hydroxyl groups is 1. The summed E-state index contributed by atoms with van der Waals surface area (Å²) in [5.41, 5.74) is 0. The SMILES string of the molecule is Cl.Cl.O=C(NC1CCN2CCCCC12)C1CC(O)CN1. The zero-order chi connectivity index (χ0) is 12.5. The molecule has 0 aromatic rings. The van der Waals surface area contributed by atoms with E-state index in [1.165, 1.54) is 25.8 Å². The Morgan fingerprint density at radius 2 is 2.00 bits per heavy atom. The van der Waals surface area contributed by atoms with E-state index in [4.69, 9.17) is 0 Å². The van der Waals surface area contributed by atoms with Crippen molar-refractivity contribution in [2.75, 3.05) is 19.6 Å². The number of fused-ring (bicyclic) bond motifs is 1. The quantitative estimate of drug-likeness (QED) is 0.683. The van der Waals surface area contributed by atoms with Gasteiger partial charge < -0.3 is 15.7 Å². The molecule has 118 valence electrons. The van der Waals surface area contributed by atoms with Gasteiger partial charge in [-0.15, -0.1) is 24.8 Å². The zero-order valence-corrected chi connectivity index (χ0v) is 13.2. The fraction of sp³-hybridized carbons (Fsp3) is 0.923. The van der Waals surface area contributed by atoms with E-state index in [1.54, 1.807) is 0 Å². The summed E-state index contributed by atoms with van der Waals surface area (Å²) in [5, 5.41) is 15.7. The second kappa shape index (κ2) is 7.80. The first-order valence-electron chi connectivity index (χ1n) is 7.20. The van der Waals surface area contributed by atoms with Gasteiger partial charge in [0.15, 0.2) is 0 Å². The van der Waals surface area contributed by atoms with Crippen molar-refractivity contribution in [2.24, 2.45) is 0 Å². The third-order valence-corrected chi connectivity index (χ3v) is 4.61. The zero-order valence-electron chi connectivity index (χ0n) is 11.6. The van der Waals surface area contributed by atoms with Crippen LogP contribution in [-0.2, 0) is 4.79 Å². The molecule has 3 heterocycles. The summed E-state index contributed by atoms with van der Waals surface area (Å²) in [6.07, 6.45) is 5.06. The summed E-state index contributed by atoms with van der Waals surface area (Å²) in [7, 11) is 0. The number of aliphatic hydroxyl groups excluding tert-OH is 1. The Morgan fingerprint density at radius 3 is 2.70 bits per heavy atom. The average molecular weight is 326 g/mol. The standard InChI is InChI=1S/C13H23N3O2.2ClH/c17-9-7-11(14-8-9)13(18)15-10-4-6-16-5-2-1-3-12(10)16;;/h9-12,14,17H,1-8H2,(H,15,18);2*1H. The van der Waals surface area contributed by atoms with Crippen LogP contribution < -0.4 is 10.6 Å². The van der Waals surface area contributed by atoms with Gasteiger partial charge in [0.1, 0.15) is 0 Å². The maximum absolute atomic E-state index is 12.1. The van der Waals surface area contributed by atoms with Crippen molar-refractivity contribution in [3.8, 4) is 0 Å². The lowest BCUT2D eigenvalue weighted by Gasteiger charge is -2.32. The molecule has 3 fully saturated rings. The maximum Gasteiger partial charge on any atom is 0.237 e. The minimum atomic E-state index is -0.365. The summed E-state index contributed by atoms with van der Waals surface area (Å²) in [6, 6.07) is 0.670. The lowest BCUT2D eigenvalue weighted by atomic mass is 9.98. The summed E-state index contributed by atoms with van der Waals surface area (Å²) in [5.74, 6) is 0.0731. The van der Waals surface area contributed by atoms with Gasteiger partial charge in [0.25, 0.3) is 0 Å². The van der Waals surface area contributed by atoms with E-state index in [2.05, 4.69) is 15.5 Å². The molecule has 4 unspecified atom stereocenters. The van der Waals surface area contributed by atoms with E-state index in [1.807, 2.05) is 0 Å². The fourth-order valence-electron chi connectivity index (χ4n) is 3.62. The molecule has 0 aromatic carbocycles. The Kier molecular flexibility index (Phi) is 7.01. The summed E-state index contributed by atoms with van der Waals surface area (Å²) >= 11 is 0. The first kappa shape index (κ1) is 18.0. The molecule has 0 aromatic heterocycles. The van der Waals surface area contributed by atoms with E-state index in [-0.39, 0.29) is 42.9 Å². The number of amides is 1. The van der Waals surface area contributed by atoms with Gasteiger partial charge in [0, 0.05) is 25.2 Å². The number of β-amino-alcohol motifs (C(OH)–C–C–N with tert-alkyl or cyclic N) is 1. The number of hydrogen-bond acceptors (Lipinski definition) is 4. The summed E-state index contributed by atoms with van der Waals surface area (Å²) in [6.45, 7) is 2.85. The topological polar surface area (TPSA) is 64.6 Å². The number of carbonyl (C=O) groups excluding carboxylic acids is 1. The van der Waals surface area contributed by atoms with Crippen LogP contribution in [0.15, 0.2) is 0 Å². The van der Waals surface area contributed by atoms with Gasteiger partial charge in [-0.3, -0.25) is 9.69 Å². The molecule has 0 saturated carbocycles. The van der Waals surface area contributed by atoms with Gasteiger partial charge in [0.05, 0.1) is 12.1 Å². The molecule has 1 amide bonds. The van der Waals surface area contributed by atoms with Crippen molar-refractivity contribution in [3.05, 3.63) is 0 Å². The second-order valence-corrected chi connectivity index (χ2v) is 5.85. The second-order valence-electron chi connectivity index (χ2n) is 5.85. The van der Waals surface area contributed by atoms with Crippen LogP contribution in [0.5, 0.6) is 0 Å². The van der Waals surface area contributed by atoms with E-state index in [9.17, 15) is 9.90 Å². The molecule has 4 atom stereocenters. The molecule has 3 aliphatic heterocycles. The van der Waals surface area contributed by atoms with Crippen LogP contribution in [0.3, 0.4) is 0 Å².